The standard InChI is InChI=1S/C20H12ClF2N3O2S/c21-12-3-6-16(15(23)7-12)25-17(27)8-26-10-24-18-14(9-29-19(18)20(26)28)11-1-4-13(22)5-2-11/h1-7,9-10H,8H2,(H,25,27). The fourth-order valence-corrected chi connectivity index (χ4v) is 3.96. The first-order valence-corrected chi connectivity index (χ1v) is 9.65. The minimum atomic E-state index is -0.672. The van der Waals surface area contributed by atoms with E-state index >= 15 is 0 Å². The van der Waals surface area contributed by atoms with Crippen LogP contribution < -0.4 is 10.9 Å². The number of nitrogens with one attached hydrogen (secondary N) is 1. The number of rotatable bonds is 4. The van der Waals surface area contributed by atoms with E-state index in [4.69, 9.17) is 11.6 Å². The molecule has 0 saturated heterocycles. The van der Waals surface area contributed by atoms with Crippen molar-refractivity contribution in [1.29, 1.82) is 0 Å². The molecule has 1 amide bonds. The van der Waals surface area contributed by atoms with E-state index in [1.54, 1.807) is 17.5 Å². The highest BCUT2D eigenvalue weighted by molar-refractivity contribution is 7.17. The van der Waals surface area contributed by atoms with E-state index in [2.05, 4.69) is 10.3 Å². The molecule has 0 aliphatic heterocycles. The zero-order chi connectivity index (χ0) is 20.5. The normalized spacial score (nSPS) is 11.0. The van der Waals surface area contributed by atoms with Crippen molar-refractivity contribution in [2.24, 2.45) is 0 Å². The van der Waals surface area contributed by atoms with Crippen LogP contribution >= 0.6 is 22.9 Å². The third-order valence-corrected chi connectivity index (χ3v) is 5.41. The summed E-state index contributed by atoms with van der Waals surface area (Å²) in [6.07, 6.45) is 1.27. The molecule has 0 atom stereocenters. The van der Waals surface area contributed by atoms with Gasteiger partial charge in [-0.2, -0.15) is 0 Å². The molecule has 4 aromatic rings. The summed E-state index contributed by atoms with van der Waals surface area (Å²) in [7, 11) is 0. The number of nitrogens with zero attached hydrogens (tertiary/aromatic N) is 2. The van der Waals surface area contributed by atoms with Gasteiger partial charge in [0.25, 0.3) is 5.56 Å². The third kappa shape index (κ3) is 3.90. The number of hydrogen-bond donors (Lipinski definition) is 1. The number of halogens is 3. The van der Waals surface area contributed by atoms with Crippen LogP contribution in [0.4, 0.5) is 14.5 Å². The molecule has 4 rings (SSSR count). The van der Waals surface area contributed by atoms with Crippen molar-refractivity contribution in [3.63, 3.8) is 0 Å². The van der Waals surface area contributed by atoms with Crippen LogP contribution in [-0.2, 0) is 11.3 Å². The van der Waals surface area contributed by atoms with Gasteiger partial charge in [0.15, 0.2) is 0 Å². The Morgan fingerprint density at radius 3 is 2.66 bits per heavy atom. The summed E-state index contributed by atoms with van der Waals surface area (Å²) in [5, 5.41) is 4.38. The molecule has 0 saturated carbocycles. The van der Waals surface area contributed by atoms with E-state index in [1.807, 2.05) is 0 Å². The maximum Gasteiger partial charge on any atom is 0.271 e. The Kier molecular flexibility index (Phi) is 5.12. The van der Waals surface area contributed by atoms with Crippen LogP contribution in [-0.4, -0.2) is 15.5 Å². The van der Waals surface area contributed by atoms with E-state index in [-0.39, 0.29) is 28.6 Å². The molecular formula is C20H12ClF2N3O2S. The average Bonchev–Trinajstić information content (AvgIpc) is 3.12. The molecule has 1 N–H and O–H groups in total. The number of aromatic nitrogens is 2. The van der Waals surface area contributed by atoms with E-state index in [9.17, 15) is 18.4 Å². The number of fused-ring (bicyclic) bond motifs is 1. The molecule has 0 fully saturated rings. The molecule has 29 heavy (non-hydrogen) atoms. The Hall–Kier alpha value is -3.10. The van der Waals surface area contributed by atoms with Gasteiger partial charge in [0.1, 0.15) is 22.9 Å². The quantitative estimate of drug-likeness (QED) is 0.509. The Bertz CT molecular complexity index is 1290. The molecule has 2 aromatic heterocycles. The monoisotopic (exact) mass is 431 g/mol. The van der Waals surface area contributed by atoms with Crippen molar-refractivity contribution < 1.29 is 13.6 Å². The maximum atomic E-state index is 13.8. The van der Waals surface area contributed by atoms with Crippen LogP contribution in [0.2, 0.25) is 5.02 Å². The molecule has 0 unspecified atom stereocenters. The van der Waals surface area contributed by atoms with Crippen molar-refractivity contribution in [1.82, 2.24) is 9.55 Å². The van der Waals surface area contributed by atoms with E-state index in [0.717, 1.165) is 16.2 Å². The summed E-state index contributed by atoms with van der Waals surface area (Å²) in [6.45, 7) is -0.326. The molecule has 146 valence electrons. The fraction of sp³-hybridized carbons (Fsp3) is 0.0500. The van der Waals surface area contributed by atoms with Gasteiger partial charge in [-0.05, 0) is 35.9 Å². The van der Waals surface area contributed by atoms with Gasteiger partial charge in [-0.3, -0.25) is 14.2 Å². The van der Waals surface area contributed by atoms with E-state index in [1.165, 1.54) is 41.9 Å². The zero-order valence-electron chi connectivity index (χ0n) is 14.7. The van der Waals surface area contributed by atoms with Crippen molar-refractivity contribution >= 4 is 44.7 Å². The summed E-state index contributed by atoms with van der Waals surface area (Å²) in [6, 6.07) is 9.76. The number of anilines is 1. The number of carbonyl (C=O) groups is 1. The molecule has 5 nitrogen and oxygen atoms in total. The van der Waals surface area contributed by atoms with Gasteiger partial charge in [-0.15, -0.1) is 11.3 Å². The van der Waals surface area contributed by atoms with Gasteiger partial charge in [0, 0.05) is 16.0 Å². The summed E-state index contributed by atoms with van der Waals surface area (Å²) >= 11 is 6.88. The summed E-state index contributed by atoms with van der Waals surface area (Å²) in [4.78, 5) is 29.3. The van der Waals surface area contributed by atoms with Crippen LogP contribution in [0.15, 0.2) is 59.0 Å². The van der Waals surface area contributed by atoms with Crippen molar-refractivity contribution in [3.8, 4) is 11.1 Å². The summed E-state index contributed by atoms with van der Waals surface area (Å²) in [5.74, 6) is -1.61. The summed E-state index contributed by atoms with van der Waals surface area (Å²) < 4.78 is 28.5. The molecule has 0 aliphatic rings. The van der Waals surface area contributed by atoms with Gasteiger partial charge in [-0.1, -0.05) is 23.7 Å². The van der Waals surface area contributed by atoms with Gasteiger partial charge in [-0.25, -0.2) is 13.8 Å². The molecule has 0 aliphatic carbocycles. The lowest BCUT2D eigenvalue weighted by Crippen LogP contribution is -2.27. The van der Waals surface area contributed by atoms with Crippen molar-refractivity contribution in [3.05, 3.63) is 81.2 Å². The third-order valence-electron chi connectivity index (χ3n) is 4.22. The molecule has 0 radical (unpaired) electrons. The first-order valence-electron chi connectivity index (χ1n) is 8.40. The van der Waals surface area contributed by atoms with Crippen LogP contribution in [0.1, 0.15) is 0 Å². The highest BCUT2D eigenvalue weighted by atomic mass is 35.5. The summed E-state index contributed by atoms with van der Waals surface area (Å²) in [5.41, 5.74) is 1.50. The lowest BCUT2D eigenvalue weighted by Gasteiger charge is -2.08. The second-order valence-electron chi connectivity index (χ2n) is 6.18. The van der Waals surface area contributed by atoms with Gasteiger partial charge in [0.05, 0.1) is 17.5 Å². The molecular weight excluding hydrogens is 420 g/mol. The van der Waals surface area contributed by atoms with Crippen LogP contribution in [0.5, 0.6) is 0 Å². The second kappa shape index (κ2) is 7.73. The number of thiophene rings is 1. The van der Waals surface area contributed by atoms with E-state index in [0.29, 0.717) is 15.8 Å². The first kappa shape index (κ1) is 19.2. The molecule has 0 spiro atoms. The highest BCUT2D eigenvalue weighted by Gasteiger charge is 2.15. The lowest BCUT2D eigenvalue weighted by atomic mass is 10.1. The number of benzene rings is 2. The Morgan fingerprint density at radius 2 is 1.93 bits per heavy atom. The molecule has 2 heterocycles. The van der Waals surface area contributed by atoms with Gasteiger partial charge >= 0.3 is 0 Å². The van der Waals surface area contributed by atoms with Crippen LogP contribution in [0.25, 0.3) is 21.3 Å². The SMILES string of the molecule is O=C(Cn1cnc2c(-c3ccc(F)cc3)csc2c1=O)Nc1ccc(Cl)cc1F. The number of amides is 1. The van der Waals surface area contributed by atoms with Gasteiger partial charge in [0.2, 0.25) is 5.91 Å². The highest BCUT2D eigenvalue weighted by Crippen LogP contribution is 2.30. The number of carbonyl (C=O) groups excluding carboxylic acids is 1. The first-order chi connectivity index (χ1) is 13.9. The predicted molar refractivity (Wildman–Crippen MR) is 109 cm³/mol. The smallest absolute Gasteiger partial charge is 0.271 e. The molecule has 2 aromatic carbocycles. The van der Waals surface area contributed by atoms with E-state index < -0.39 is 11.7 Å². The Balaban J connectivity index is 1.60. The predicted octanol–water partition coefficient (Wildman–Crippen LogP) is 4.70. The van der Waals surface area contributed by atoms with Crippen LogP contribution in [0, 0.1) is 11.6 Å². The lowest BCUT2D eigenvalue weighted by molar-refractivity contribution is -0.116. The minimum absolute atomic E-state index is 0.0313. The topological polar surface area (TPSA) is 64.0 Å². The Labute approximate surface area is 172 Å². The largest absolute Gasteiger partial charge is 0.322 e. The second-order valence-corrected chi connectivity index (χ2v) is 7.50. The van der Waals surface area contributed by atoms with Crippen molar-refractivity contribution in [2.75, 3.05) is 5.32 Å². The van der Waals surface area contributed by atoms with Crippen LogP contribution in [0.3, 0.4) is 0 Å². The Morgan fingerprint density at radius 1 is 1.17 bits per heavy atom. The fourth-order valence-electron chi connectivity index (χ4n) is 2.82. The van der Waals surface area contributed by atoms with Gasteiger partial charge < -0.3 is 5.32 Å². The molecule has 9 heteroatoms. The maximum absolute atomic E-state index is 13.8. The number of hydrogen-bond acceptors (Lipinski definition) is 4. The average molecular weight is 432 g/mol. The molecule has 0 bridgehead atoms. The zero-order valence-corrected chi connectivity index (χ0v) is 16.2. The minimum Gasteiger partial charge on any atom is -0.322 e. The van der Waals surface area contributed by atoms with Crippen molar-refractivity contribution in [2.45, 2.75) is 6.54 Å².